The van der Waals surface area contributed by atoms with Crippen molar-refractivity contribution in [2.75, 3.05) is 52.4 Å². The number of carboxylic acid groups (broad SMARTS) is 5. The average Bonchev–Trinajstić information content (AvgIpc) is 2.80. The SMILES string of the molecule is NC(=O)CC[C@H](NC(=O)CC[C@@H](C(N)=O)N(CCN(CC(=O)O)CC(=O)O)CCN(CC(=O)O)CC(=O)O)C(=O)O. The van der Waals surface area contributed by atoms with Gasteiger partial charge in [-0.05, 0) is 12.8 Å². The quantitative estimate of drug-likeness (QED) is 0.0525. The summed E-state index contributed by atoms with van der Waals surface area (Å²) in [5.41, 5.74) is 10.5. The first-order chi connectivity index (χ1) is 19.0. The van der Waals surface area contributed by atoms with Crippen molar-refractivity contribution >= 4 is 47.6 Å². The number of aliphatic carboxylic acids is 5. The molecule has 0 unspecified atom stereocenters. The molecule has 0 aliphatic carbocycles. The van der Waals surface area contributed by atoms with Gasteiger partial charge < -0.3 is 42.3 Å². The fourth-order valence-corrected chi connectivity index (χ4v) is 3.74. The van der Waals surface area contributed by atoms with Crippen LogP contribution in [0, 0.1) is 0 Å². The number of carbonyl (C=O) groups is 8. The topological polar surface area (TPSA) is 311 Å². The maximum atomic E-state index is 12.4. The summed E-state index contributed by atoms with van der Waals surface area (Å²) in [6.07, 6.45) is -1.33. The molecule has 0 aliphatic heterocycles. The molecule has 2 atom stereocenters. The predicted octanol–water partition coefficient (Wildman–Crippen LogP) is -4.30. The molecule has 0 saturated heterocycles. The molecule has 41 heavy (non-hydrogen) atoms. The Hall–Kier alpha value is -4.36. The zero-order valence-electron chi connectivity index (χ0n) is 22.1. The van der Waals surface area contributed by atoms with Crippen molar-refractivity contribution in [1.82, 2.24) is 20.0 Å². The first kappa shape index (κ1) is 36.6. The Balaban J connectivity index is 5.80. The molecule has 0 aromatic carbocycles. The molecule has 0 rings (SSSR count). The van der Waals surface area contributed by atoms with Gasteiger partial charge in [-0.25, -0.2) is 4.79 Å². The number of rotatable bonds is 24. The molecule has 0 spiro atoms. The van der Waals surface area contributed by atoms with Crippen molar-refractivity contribution in [3.05, 3.63) is 0 Å². The van der Waals surface area contributed by atoms with Gasteiger partial charge in [-0.3, -0.25) is 48.3 Å². The Morgan fingerprint density at radius 1 is 0.610 bits per heavy atom. The van der Waals surface area contributed by atoms with E-state index in [0.29, 0.717) is 0 Å². The fourth-order valence-electron chi connectivity index (χ4n) is 3.74. The van der Waals surface area contributed by atoms with Crippen LogP contribution in [-0.4, -0.2) is 152 Å². The lowest BCUT2D eigenvalue weighted by Gasteiger charge is -2.33. The van der Waals surface area contributed by atoms with Gasteiger partial charge in [-0.1, -0.05) is 0 Å². The van der Waals surface area contributed by atoms with Gasteiger partial charge in [0.25, 0.3) is 0 Å². The van der Waals surface area contributed by atoms with Gasteiger partial charge in [0.1, 0.15) is 6.04 Å². The summed E-state index contributed by atoms with van der Waals surface area (Å²) in [6, 6.07) is -2.71. The van der Waals surface area contributed by atoms with E-state index in [1.807, 2.05) is 0 Å². The number of nitrogens with two attached hydrogens (primary N) is 2. The van der Waals surface area contributed by atoms with Gasteiger partial charge in [0.15, 0.2) is 0 Å². The summed E-state index contributed by atoms with van der Waals surface area (Å²) < 4.78 is 0. The van der Waals surface area contributed by atoms with Crippen molar-refractivity contribution < 1.29 is 63.9 Å². The minimum Gasteiger partial charge on any atom is -0.480 e. The number of hydrogen-bond acceptors (Lipinski definition) is 11. The number of carbonyl (C=O) groups excluding carboxylic acids is 3. The highest BCUT2D eigenvalue weighted by molar-refractivity contribution is 5.85. The summed E-state index contributed by atoms with van der Waals surface area (Å²) in [6.45, 7) is -3.52. The molecule has 0 fully saturated rings. The number of nitrogens with zero attached hydrogens (tertiary/aromatic N) is 3. The van der Waals surface area contributed by atoms with E-state index in [0.717, 1.165) is 9.80 Å². The lowest BCUT2D eigenvalue weighted by Crippen LogP contribution is -2.52. The maximum Gasteiger partial charge on any atom is 0.326 e. The largest absolute Gasteiger partial charge is 0.480 e. The monoisotopic (exact) mass is 592 g/mol. The van der Waals surface area contributed by atoms with E-state index >= 15 is 0 Å². The molecule has 0 bridgehead atoms. The minimum atomic E-state index is -1.45. The number of primary amides is 2. The zero-order chi connectivity index (χ0) is 31.7. The van der Waals surface area contributed by atoms with E-state index in [-0.39, 0.29) is 45.4 Å². The van der Waals surface area contributed by atoms with Gasteiger partial charge in [0, 0.05) is 39.0 Å². The molecule has 232 valence electrons. The minimum absolute atomic E-state index is 0.194. The first-order valence-electron chi connectivity index (χ1n) is 12.2. The molecule has 0 aliphatic rings. The van der Waals surface area contributed by atoms with Crippen LogP contribution >= 0.6 is 0 Å². The standard InChI is InChI=1S/C22H36N6O13/c23-15(29)3-1-13(22(40)41)25-16(30)4-2-14(21(24)39)28(7-5-26(9-17(31)32)10-18(33)34)8-6-27(11-19(35)36)12-20(37)38/h13-14H,1-12H2,(H2,23,29)(H2,24,39)(H,25,30)(H,31,32)(H,33,34)(H,35,36)(H,37,38)(H,40,41)/t13-,14-/m0/s1. The highest BCUT2D eigenvalue weighted by atomic mass is 16.4. The van der Waals surface area contributed by atoms with Crippen LogP contribution in [0.3, 0.4) is 0 Å². The molecule has 10 N–H and O–H groups in total. The van der Waals surface area contributed by atoms with Crippen molar-refractivity contribution in [2.24, 2.45) is 11.5 Å². The van der Waals surface area contributed by atoms with Gasteiger partial charge >= 0.3 is 29.8 Å². The summed E-state index contributed by atoms with van der Waals surface area (Å²) in [4.78, 5) is 95.1. The number of amides is 3. The second-order valence-corrected chi connectivity index (χ2v) is 8.95. The Bertz CT molecular complexity index is 904. The highest BCUT2D eigenvalue weighted by Crippen LogP contribution is 2.10. The van der Waals surface area contributed by atoms with Gasteiger partial charge in [-0.15, -0.1) is 0 Å². The number of hydrogen-bond donors (Lipinski definition) is 8. The molecule has 19 heteroatoms. The summed E-state index contributed by atoms with van der Waals surface area (Å²) >= 11 is 0. The van der Waals surface area contributed by atoms with Crippen LogP contribution in [0.5, 0.6) is 0 Å². The smallest absolute Gasteiger partial charge is 0.326 e. The normalized spacial score (nSPS) is 12.6. The third-order valence-electron chi connectivity index (χ3n) is 5.57. The number of carboxylic acids is 5. The second-order valence-electron chi connectivity index (χ2n) is 8.95. The summed E-state index contributed by atoms with van der Waals surface area (Å²) in [7, 11) is 0. The van der Waals surface area contributed by atoms with Crippen LogP contribution in [0.4, 0.5) is 0 Å². The van der Waals surface area contributed by atoms with Crippen molar-refractivity contribution in [1.29, 1.82) is 0 Å². The Morgan fingerprint density at radius 2 is 1.02 bits per heavy atom. The predicted molar refractivity (Wildman–Crippen MR) is 135 cm³/mol. The highest BCUT2D eigenvalue weighted by Gasteiger charge is 2.28. The Labute approximate surface area is 233 Å². The van der Waals surface area contributed by atoms with Crippen LogP contribution in [0.1, 0.15) is 25.7 Å². The molecule has 0 radical (unpaired) electrons. The molecular weight excluding hydrogens is 556 g/mol. The Morgan fingerprint density at radius 3 is 1.34 bits per heavy atom. The van der Waals surface area contributed by atoms with Gasteiger partial charge in [0.2, 0.25) is 17.7 Å². The number of nitrogens with one attached hydrogen (secondary N) is 1. The van der Waals surface area contributed by atoms with E-state index < -0.39 is 92.3 Å². The van der Waals surface area contributed by atoms with Gasteiger partial charge in [-0.2, -0.15) is 0 Å². The third kappa shape index (κ3) is 17.8. The van der Waals surface area contributed by atoms with Crippen LogP contribution in [-0.2, 0) is 38.4 Å². The van der Waals surface area contributed by atoms with Crippen molar-refractivity contribution in [2.45, 2.75) is 37.8 Å². The van der Waals surface area contributed by atoms with Crippen LogP contribution in [0.15, 0.2) is 0 Å². The van der Waals surface area contributed by atoms with E-state index in [4.69, 9.17) is 31.9 Å². The maximum absolute atomic E-state index is 12.4. The van der Waals surface area contributed by atoms with Crippen molar-refractivity contribution in [3.63, 3.8) is 0 Å². The van der Waals surface area contributed by atoms with E-state index in [9.17, 15) is 43.5 Å². The molecule has 0 aromatic heterocycles. The molecule has 0 aromatic rings. The van der Waals surface area contributed by atoms with Crippen molar-refractivity contribution in [3.8, 4) is 0 Å². The molecule has 3 amide bonds. The zero-order valence-corrected chi connectivity index (χ0v) is 22.1. The molecular formula is C22H36N6O13. The molecule has 19 nitrogen and oxygen atoms in total. The lowest BCUT2D eigenvalue weighted by molar-refractivity contribution is -0.143. The van der Waals surface area contributed by atoms with E-state index in [1.165, 1.54) is 4.90 Å². The third-order valence-corrected chi connectivity index (χ3v) is 5.57. The Kier molecular flexibility index (Phi) is 16.8. The van der Waals surface area contributed by atoms with E-state index in [2.05, 4.69) is 5.32 Å². The van der Waals surface area contributed by atoms with Crippen LogP contribution in [0.2, 0.25) is 0 Å². The molecule has 0 saturated carbocycles. The second kappa shape index (κ2) is 18.8. The lowest BCUT2D eigenvalue weighted by atomic mass is 10.1. The van der Waals surface area contributed by atoms with Crippen LogP contribution in [0.25, 0.3) is 0 Å². The van der Waals surface area contributed by atoms with E-state index in [1.54, 1.807) is 0 Å². The summed E-state index contributed by atoms with van der Waals surface area (Å²) in [5, 5.41) is 47.8. The molecule has 0 heterocycles. The van der Waals surface area contributed by atoms with Crippen LogP contribution < -0.4 is 16.8 Å². The summed E-state index contributed by atoms with van der Waals surface area (Å²) in [5.74, 6) is -9.33. The first-order valence-corrected chi connectivity index (χ1v) is 12.2. The fraction of sp³-hybridized carbons (Fsp3) is 0.636. The average molecular weight is 593 g/mol. The van der Waals surface area contributed by atoms with Gasteiger partial charge in [0.05, 0.1) is 32.2 Å².